The summed E-state index contributed by atoms with van der Waals surface area (Å²) in [4.78, 5) is 14.0. The van der Waals surface area contributed by atoms with E-state index in [0.717, 1.165) is 23.2 Å². The van der Waals surface area contributed by atoms with E-state index in [1.54, 1.807) is 6.07 Å². The lowest BCUT2D eigenvalue weighted by molar-refractivity contribution is -0.123. The molecule has 0 aromatic heterocycles. The number of piperidine rings is 1. The average Bonchev–Trinajstić information content (AvgIpc) is 2.37. The van der Waals surface area contributed by atoms with Gasteiger partial charge in [0.15, 0.2) is 0 Å². The van der Waals surface area contributed by atoms with Gasteiger partial charge in [0.2, 0.25) is 5.91 Å². The third-order valence-electron chi connectivity index (χ3n) is 3.62. The first-order valence-electron chi connectivity index (χ1n) is 6.15. The lowest BCUT2D eigenvalue weighted by atomic mass is 9.86. The van der Waals surface area contributed by atoms with Gasteiger partial charge in [0.25, 0.3) is 0 Å². The monoisotopic (exact) mass is 345 g/mol. The Hall–Kier alpha value is -0.780. The van der Waals surface area contributed by atoms with Crippen molar-refractivity contribution in [2.75, 3.05) is 25.5 Å². The first kappa shape index (κ1) is 14.6. The van der Waals surface area contributed by atoms with E-state index >= 15 is 0 Å². The molecule has 1 fully saturated rings. The number of nitrogens with zero attached hydrogens (tertiary/aromatic N) is 1. The van der Waals surface area contributed by atoms with Crippen LogP contribution in [-0.4, -0.2) is 36.5 Å². The van der Waals surface area contributed by atoms with Crippen molar-refractivity contribution < 1.29 is 4.79 Å². The van der Waals surface area contributed by atoms with Crippen LogP contribution in [0.1, 0.15) is 12.8 Å². The lowest BCUT2D eigenvalue weighted by Crippen LogP contribution is -2.56. The molecule has 6 heteroatoms. The van der Waals surface area contributed by atoms with Crippen LogP contribution in [0.2, 0.25) is 5.02 Å². The summed E-state index contributed by atoms with van der Waals surface area (Å²) in [5.74, 6) is -0.299. The second-order valence-electron chi connectivity index (χ2n) is 5.00. The van der Waals surface area contributed by atoms with Crippen LogP contribution in [0.25, 0.3) is 0 Å². The van der Waals surface area contributed by atoms with Gasteiger partial charge in [-0.3, -0.25) is 4.79 Å². The SMILES string of the molecule is CN1CCC(Nc2ccc(Cl)c(Br)c2)(C(N)=O)CC1. The van der Waals surface area contributed by atoms with Gasteiger partial charge in [-0.05, 0) is 54.0 Å². The smallest absolute Gasteiger partial charge is 0.243 e. The summed E-state index contributed by atoms with van der Waals surface area (Å²) in [6, 6.07) is 5.51. The van der Waals surface area contributed by atoms with E-state index in [0.29, 0.717) is 17.9 Å². The van der Waals surface area contributed by atoms with Crippen molar-refractivity contribution in [1.82, 2.24) is 4.90 Å². The number of benzene rings is 1. The molecule has 4 nitrogen and oxygen atoms in total. The number of amides is 1. The van der Waals surface area contributed by atoms with Crippen molar-refractivity contribution in [1.29, 1.82) is 0 Å². The molecule has 0 atom stereocenters. The summed E-state index contributed by atoms with van der Waals surface area (Å²) in [6.07, 6.45) is 1.41. The molecule has 3 N–H and O–H groups in total. The fraction of sp³-hybridized carbons (Fsp3) is 0.462. The Kier molecular flexibility index (Phi) is 4.38. The van der Waals surface area contributed by atoms with Gasteiger partial charge < -0.3 is 16.0 Å². The van der Waals surface area contributed by atoms with Gasteiger partial charge in [-0.2, -0.15) is 0 Å². The molecule has 1 saturated heterocycles. The summed E-state index contributed by atoms with van der Waals surface area (Å²) >= 11 is 9.35. The molecule has 2 rings (SSSR count). The maximum Gasteiger partial charge on any atom is 0.243 e. The van der Waals surface area contributed by atoms with E-state index in [2.05, 4.69) is 26.1 Å². The number of hydrogen-bond donors (Lipinski definition) is 2. The van der Waals surface area contributed by atoms with Crippen molar-refractivity contribution in [2.24, 2.45) is 5.73 Å². The molecule has 1 heterocycles. The quantitative estimate of drug-likeness (QED) is 0.884. The highest BCUT2D eigenvalue weighted by Crippen LogP contribution is 2.30. The third-order valence-corrected chi connectivity index (χ3v) is 4.83. The lowest BCUT2D eigenvalue weighted by Gasteiger charge is -2.39. The summed E-state index contributed by atoms with van der Waals surface area (Å²) in [5, 5.41) is 3.93. The predicted octanol–water partition coefficient (Wildman–Crippen LogP) is 2.46. The summed E-state index contributed by atoms with van der Waals surface area (Å²) in [6.45, 7) is 1.70. The molecule has 0 aliphatic carbocycles. The number of likely N-dealkylation sites (tertiary alicyclic amines) is 1. The van der Waals surface area contributed by atoms with Gasteiger partial charge in [0.05, 0.1) is 5.02 Å². The number of nitrogens with two attached hydrogens (primary N) is 1. The second kappa shape index (κ2) is 5.69. The Bertz CT molecular complexity index is 487. The molecule has 1 aromatic carbocycles. The number of nitrogens with one attached hydrogen (secondary N) is 1. The minimum atomic E-state index is -0.667. The van der Waals surface area contributed by atoms with E-state index in [9.17, 15) is 4.79 Å². The van der Waals surface area contributed by atoms with Gasteiger partial charge in [-0.25, -0.2) is 0 Å². The van der Waals surface area contributed by atoms with Crippen LogP contribution in [0.4, 0.5) is 5.69 Å². The number of carbonyl (C=O) groups excluding carboxylic acids is 1. The Labute approximate surface area is 126 Å². The molecule has 0 spiro atoms. The molecule has 1 aliphatic heterocycles. The summed E-state index contributed by atoms with van der Waals surface area (Å²) in [7, 11) is 2.05. The Morgan fingerprint density at radius 2 is 2.11 bits per heavy atom. The van der Waals surface area contributed by atoms with Crippen LogP contribution >= 0.6 is 27.5 Å². The molecular formula is C13H17BrClN3O. The van der Waals surface area contributed by atoms with E-state index in [4.69, 9.17) is 17.3 Å². The van der Waals surface area contributed by atoms with E-state index < -0.39 is 5.54 Å². The first-order valence-corrected chi connectivity index (χ1v) is 7.32. The standard InChI is InChI=1S/C13H17BrClN3O/c1-18-6-4-13(5-7-18,12(16)19)17-9-2-3-11(15)10(14)8-9/h2-3,8,17H,4-7H2,1H3,(H2,16,19). The molecular weight excluding hydrogens is 330 g/mol. The molecule has 1 aromatic rings. The van der Waals surface area contributed by atoms with E-state index in [1.807, 2.05) is 19.2 Å². The zero-order chi connectivity index (χ0) is 14.0. The number of primary amides is 1. The Balaban J connectivity index is 2.21. The number of carbonyl (C=O) groups is 1. The molecule has 0 unspecified atom stereocenters. The van der Waals surface area contributed by atoms with Crippen LogP contribution in [0.15, 0.2) is 22.7 Å². The molecule has 104 valence electrons. The third kappa shape index (κ3) is 3.22. The minimum Gasteiger partial charge on any atom is -0.371 e. The van der Waals surface area contributed by atoms with Crippen molar-refractivity contribution in [2.45, 2.75) is 18.4 Å². The molecule has 1 aliphatic rings. The van der Waals surface area contributed by atoms with Crippen LogP contribution in [0.3, 0.4) is 0 Å². The minimum absolute atomic E-state index is 0.299. The fourth-order valence-corrected chi connectivity index (χ4v) is 2.78. The van der Waals surface area contributed by atoms with E-state index in [1.165, 1.54) is 0 Å². The van der Waals surface area contributed by atoms with E-state index in [-0.39, 0.29) is 5.91 Å². The highest BCUT2D eigenvalue weighted by Gasteiger charge is 2.39. The molecule has 0 saturated carbocycles. The summed E-state index contributed by atoms with van der Waals surface area (Å²) in [5.41, 5.74) is 5.79. The van der Waals surface area contributed by atoms with Crippen LogP contribution in [0, 0.1) is 0 Å². The van der Waals surface area contributed by atoms with Gasteiger partial charge in [0, 0.05) is 23.2 Å². The second-order valence-corrected chi connectivity index (χ2v) is 6.27. The Morgan fingerprint density at radius 3 is 2.63 bits per heavy atom. The molecule has 1 amide bonds. The number of rotatable bonds is 3. The number of anilines is 1. The van der Waals surface area contributed by atoms with Crippen molar-refractivity contribution in [3.8, 4) is 0 Å². The van der Waals surface area contributed by atoms with Crippen LogP contribution in [0.5, 0.6) is 0 Å². The average molecular weight is 347 g/mol. The van der Waals surface area contributed by atoms with Crippen LogP contribution < -0.4 is 11.1 Å². The predicted molar refractivity (Wildman–Crippen MR) is 81.4 cm³/mol. The topological polar surface area (TPSA) is 58.4 Å². The Morgan fingerprint density at radius 1 is 1.47 bits per heavy atom. The number of halogens is 2. The molecule has 19 heavy (non-hydrogen) atoms. The van der Waals surface area contributed by atoms with Gasteiger partial charge in [0.1, 0.15) is 5.54 Å². The van der Waals surface area contributed by atoms with Gasteiger partial charge >= 0.3 is 0 Å². The highest BCUT2D eigenvalue weighted by molar-refractivity contribution is 9.10. The largest absolute Gasteiger partial charge is 0.371 e. The van der Waals surface area contributed by atoms with Crippen molar-refractivity contribution in [3.05, 3.63) is 27.7 Å². The zero-order valence-electron chi connectivity index (χ0n) is 10.7. The van der Waals surface area contributed by atoms with Crippen molar-refractivity contribution >= 4 is 39.1 Å². The van der Waals surface area contributed by atoms with Gasteiger partial charge in [-0.1, -0.05) is 11.6 Å². The molecule has 0 bridgehead atoms. The highest BCUT2D eigenvalue weighted by atomic mass is 79.9. The molecule has 0 radical (unpaired) electrons. The first-order chi connectivity index (χ1) is 8.93. The van der Waals surface area contributed by atoms with Crippen LogP contribution in [-0.2, 0) is 4.79 Å². The zero-order valence-corrected chi connectivity index (χ0v) is 13.1. The number of hydrogen-bond acceptors (Lipinski definition) is 3. The summed E-state index contributed by atoms with van der Waals surface area (Å²) < 4.78 is 0.798. The van der Waals surface area contributed by atoms with Gasteiger partial charge in [-0.15, -0.1) is 0 Å². The van der Waals surface area contributed by atoms with Crippen molar-refractivity contribution in [3.63, 3.8) is 0 Å². The fourth-order valence-electron chi connectivity index (χ4n) is 2.28. The maximum absolute atomic E-state index is 11.8. The maximum atomic E-state index is 11.8. The normalized spacial score (nSPS) is 19.1.